The summed E-state index contributed by atoms with van der Waals surface area (Å²) in [4.78, 5) is 0. The normalized spacial score (nSPS) is 14.1. The van der Waals surface area contributed by atoms with Gasteiger partial charge in [-0.25, -0.2) is 0 Å². The van der Waals surface area contributed by atoms with Crippen LogP contribution >= 0.6 is 0 Å². The van der Waals surface area contributed by atoms with E-state index in [4.69, 9.17) is 0 Å². The second-order valence-corrected chi connectivity index (χ2v) is 31.4. The van der Waals surface area contributed by atoms with Crippen molar-refractivity contribution in [1.82, 2.24) is 0 Å². The summed E-state index contributed by atoms with van der Waals surface area (Å²) in [5.74, 6) is 0. The van der Waals surface area contributed by atoms with Crippen LogP contribution in [0.15, 0.2) is 12.1 Å². The van der Waals surface area contributed by atoms with E-state index < -0.39 is 0 Å². The molecule has 0 unspecified atom stereocenters. The number of hydrogen-bond acceptors (Lipinski definition) is 0. The predicted molar refractivity (Wildman–Crippen MR) is 196 cm³/mol. The summed E-state index contributed by atoms with van der Waals surface area (Å²) >= 11 is 2.62. The molecular formula is C36H71AsGeSi2. The van der Waals surface area contributed by atoms with Gasteiger partial charge in [-0.3, -0.25) is 0 Å². The SMILES string of the molecule is CC(C)(C)c1cc(C(C)(C)C)c([As]=[Ge])c(C(C)(C)C)c1.C[Si](C(C)(C)C)C(C)(C)C.C[Si](C(C)(C)C)C(C)(C)C. The number of rotatable bonds is 1. The molecule has 0 aliphatic rings. The van der Waals surface area contributed by atoms with E-state index >= 15 is 0 Å². The molecule has 0 aliphatic heterocycles. The molecular weight excluding hydrogens is 636 g/mol. The topological polar surface area (TPSA) is 0 Å². The maximum Gasteiger partial charge on any atom is 0.0561 e. The van der Waals surface area contributed by atoms with Crippen molar-refractivity contribution in [2.24, 2.45) is 0 Å². The summed E-state index contributed by atoms with van der Waals surface area (Å²) in [5.41, 5.74) is 5.27. The largest absolute Gasteiger partial charge is 0.0703 e. The van der Waals surface area contributed by atoms with Crippen molar-refractivity contribution in [3.8, 4) is 0 Å². The number of benzene rings is 1. The van der Waals surface area contributed by atoms with Crippen LogP contribution in [0.4, 0.5) is 0 Å². The van der Waals surface area contributed by atoms with Crippen LogP contribution in [0.2, 0.25) is 33.2 Å². The molecule has 1 aromatic carbocycles. The van der Waals surface area contributed by atoms with Gasteiger partial charge in [0.2, 0.25) is 0 Å². The molecule has 1 aromatic rings. The minimum Gasteiger partial charge on any atom is -0.0703 e. The second kappa shape index (κ2) is 14.7. The third-order valence-corrected chi connectivity index (χ3v) is 21.1. The Morgan fingerprint density at radius 1 is 0.450 bits per heavy atom. The third kappa shape index (κ3) is 15.0. The zero-order valence-electron chi connectivity index (χ0n) is 31.6. The Morgan fingerprint density at radius 3 is 0.775 bits per heavy atom. The molecule has 4 radical (unpaired) electrons. The van der Waals surface area contributed by atoms with E-state index in [0.717, 1.165) is 0 Å². The van der Waals surface area contributed by atoms with Gasteiger partial charge in [-0.05, 0) is 20.2 Å². The van der Waals surface area contributed by atoms with Crippen molar-refractivity contribution in [2.75, 3.05) is 0 Å². The van der Waals surface area contributed by atoms with Crippen LogP contribution in [0.3, 0.4) is 0 Å². The fraction of sp³-hybridized carbons (Fsp3) is 0.833. The zero-order chi connectivity index (χ0) is 33.1. The minimum atomic E-state index is -0.221. The van der Waals surface area contributed by atoms with Gasteiger partial charge >= 0.3 is 139 Å². The fourth-order valence-corrected chi connectivity index (χ4v) is 13.9. The first kappa shape index (κ1) is 42.9. The fourth-order valence-electron chi connectivity index (χ4n) is 4.58. The first-order valence-electron chi connectivity index (χ1n) is 15.4. The van der Waals surface area contributed by atoms with Crippen molar-refractivity contribution in [3.63, 3.8) is 0 Å². The summed E-state index contributed by atoms with van der Waals surface area (Å²) in [5, 5.41) is 2.18. The van der Waals surface area contributed by atoms with Crippen molar-refractivity contribution >= 4 is 49.1 Å². The van der Waals surface area contributed by atoms with Crippen molar-refractivity contribution < 1.29 is 0 Å². The monoisotopic (exact) mass is 708 g/mol. The summed E-state index contributed by atoms with van der Waals surface area (Å²) in [6.07, 6.45) is 0. The third-order valence-electron chi connectivity index (χ3n) is 8.20. The van der Waals surface area contributed by atoms with Crippen LogP contribution in [0.5, 0.6) is 0 Å². The Balaban J connectivity index is 0. The minimum absolute atomic E-state index is 0.211. The van der Waals surface area contributed by atoms with Crippen LogP contribution in [-0.2, 0) is 16.2 Å². The van der Waals surface area contributed by atoms with Gasteiger partial charge < -0.3 is 0 Å². The number of hydrogen-bond donors (Lipinski definition) is 0. The van der Waals surface area contributed by atoms with Gasteiger partial charge in [-0.15, -0.1) is 0 Å². The van der Waals surface area contributed by atoms with Crippen molar-refractivity contribution in [2.45, 2.75) is 195 Å². The smallest absolute Gasteiger partial charge is 0.0561 e. The van der Waals surface area contributed by atoms with E-state index in [0.29, 0.717) is 20.2 Å². The van der Waals surface area contributed by atoms with Crippen molar-refractivity contribution in [3.05, 3.63) is 28.8 Å². The first-order chi connectivity index (χ1) is 17.1. The van der Waals surface area contributed by atoms with Crippen LogP contribution in [0, 0.1) is 0 Å². The Labute approximate surface area is 271 Å². The van der Waals surface area contributed by atoms with E-state index in [2.05, 4.69) is 185 Å². The van der Waals surface area contributed by atoms with Crippen molar-refractivity contribution in [1.29, 1.82) is 0 Å². The summed E-state index contributed by atoms with van der Waals surface area (Å²) < 4.78 is 1.65. The van der Waals surface area contributed by atoms with Gasteiger partial charge in [-0.1, -0.05) is 96.2 Å². The quantitative estimate of drug-likeness (QED) is 0.255. The molecule has 4 heteroatoms. The molecule has 0 heterocycles. The average Bonchev–Trinajstić information content (AvgIpc) is 2.67. The molecule has 40 heavy (non-hydrogen) atoms. The Morgan fingerprint density at radius 2 is 0.675 bits per heavy atom. The Kier molecular flexibility index (Phi) is 15.7. The molecule has 0 N–H and O–H groups in total. The molecule has 0 saturated heterocycles. The molecule has 0 aromatic heterocycles. The molecule has 1 rings (SSSR count). The van der Waals surface area contributed by atoms with Gasteiger partial charge in [0.1, 0.15) is 0 Å². The van der Waals surface area contributed by atoms with Gasteiger partial charge in [-0.2, -0.15) is 0 Å². The molecule has 0 amide bonds. The van der Waals surface area contributed by atoms with E-state index in [-0.39, 0.29) is 47.1 Å². The maximum atomic E-state index is 2.48. The first-order valence-corrected chi connectivity index (χ1v) is 26.1. The molecule has 0 saturated carbocycles. The van der Waals surface area contributed by atoms with Gasteiger partial charge in [0.15, 0.2) is 0 Å². The molecule has 0 fully saturated rings. The molecule has 0 aliphatic carbocycles. The van der Waals surface area contributed by atoms with E-state index in [1.807, 2.05) is 0 Å². The predicted octanol–water partition coefficient (Wildman–Crippen LogP) is 11.4. The zero-order valence-corrected chi connectivity index (χ0v) is 37.6. The van der Waals surface area contributed by atoms with E-state index in [1.54, 1.807) is 15.5 Å². The summed E-state index contributed by atoms with van der Waals surface area (Å²) in [6.45, 7) is 54.2. The van der Waals surface area contributed by atoms with E-state index in [9.17, 15) is 0 Å². The summed E-state index contributed by atoms with van der Waals surface area (Å²) in [7, 11) is -0.441. The van der Waals surface area contributed by atoms with Crippen LogP contribution in [-0.4, -0.2) is 44.7 Å². The molecule has 0 bridgehead atoms. The standard InChI is InChI=1S/C18H29AsGe.2C9H21Si/c1-16(2,3)12-10-13(17(4,5)6)15(19-20)14(11-12)18(7,8)9;2*1-8(2,3)10(7)9(4,5)6/h10-11H,1-9H3;2*1-7H3. The molecule has 232 valence electrons. The van der Waals surface area contributed by atoms with Crippen LogP contribution < -0.4 is 4.35 Å². The van der Waals surface area contributed by atoms with Gasteiger partial charge in [0.25, 0.3) is 0 Å². The van der Waals surface area contributed by atoms with Crippen LogP contribution in [0.1, 0.15) is 162 Å². The Bertz CT molecular complexity index is 835. The molecule has 0 nitrogen and oxygen atoms in total. The van der Waals surface area contributed by atoms with Crippen LogP contribution in [0.25, 0.3) is 0 Å². The van der Waals surface area contributed by atoms with Gasteiger partial charge in [0.05, 0.1) is 17.6 Å². The second-order valence-electron chi connectivity index (χ2n) is 19.0. The Hall–Kier alpha value is 0.755. The maximum absolute atomic E-state index is 2.48. The summed E-state index contributed by atoms with van der Waals surface area (Å²) in [6, 6.07) is 4.95. The van der Waals surface area contributed by atoms with Gasteiger partial charge in [0, 0.05) is 0 Å². The van der Waals surface area contributed by atoms with E-state index in [1.165, 1.54) is 5.56 Å². The molecule has 0 spiro atoms. The molecule has 0 atom stereocenters. The average molecular weight is 708 g/mol.